The fourth-order valence-electron chi connectivity index (χ4n) is 2.56. The molecule has 3 aromatic carbocycles. The maximum atomic E-state index is 10.8. The Hall–Kier alpha value is -3.34. The predicted octanol–water partition coefficient (Wildman–Crippen LogP) is 4.81. The van der Waals surface area contributed by atoms with Gasteiger partial charge in [-0.3, -0.25) is 10.1 Å². The standard InChI is InChI=1S/C20H18N2O3/c23-22(24)19-12-7-13-20(16-19)25-15-14-21(17-8-3-1-4-9-17)18-10-5-2-6-11-18/h1-13,16H,14-15H2. The number of nitrogens with zero attached hydrogens (tertiary/aromatic N) is 2. The summed E-state index contributed by atoms with van der Waals surface area (Å²) < 4.78 is 5.72. The zero-order chi connectivity index (χ0) is 17.5. The van der Waals surface area contributed by atoms with Gasteiger partial charge in [0.25, 0.3) is 5.69 Å². The monoisotopic (exact) mass is 334 g/mol. The molecule has 126 valence electrons. The van der Waals surface area contributed by atoms with Crippen LogP contribution in [0.2, 0.25) is 0 Å². The maximum Gasteiger partial charge on any atom is 0.273 e. The summed E-state index contributed by atoms with van der Waals surface area (Å²) in [5, 5.41) is 10.8. The molecule has 0 spiro atoms. The minimum atomic E-state index is -0.424. The number of non-ortho nitro benzene ring substituents is 1. The molecule has 3 aromatic rings. The molecule has 0 fully saturated rings. The van der Waals surface area contributed by atoms with Gasteiger partial charge >= 0.3 is 0 Å². The summed E-state index contributed by atoms with van der Waals surface area (Å²) in [5.41, 5.74) is 2.16. The highest BCUT2D eigenvalue weighted by molar-refractivity contribution is 5.62. The smallest absolute Gasteiger partial charge is 0.273 e. The van der Waals surface area contributed by atoms with E-state index in [4.69, 9.17) is 4.74 Å². The summed E-state index contributed by atoms with van der Waals surface area (Å²) in [7, 11) is 0. The van der Waals surface area contributed by atoms with Crippen LogP contribution in [0.4, 0.5) is 17.1 Å². The number of nitro groups is 1. The van der Waals surface area contributed by atoms with Crippen LogP contribution in [-0.2, 0) is 0 Å². The van der Waals surface area contributed by atoms with E-state index in [9.17, 15) is 10.1 Å². The van der Waals surface area contributed by atoms with Crippen molar-refractivity contribution >= 4 is 17.1 Å². The number of hydrogen-bond acceptors (Lipinski definition) is 4. The largest absolute Gasteiger partial charge is 0.491 e. The molecule has 0 atom stereocenters. The highest BCUT2D eigenvalue weighted by Crippen LogP contribution is 2.25. The second kappa shape index (κ2) is 7.97. The van der Waals surface area contributed by atoms with Crippen LogP contribution in [0.3, 0.4) is 0 Å². The molecule has 25 heavy (non-hydrogen) atoms. The van der Waals surface area contributed by atoms with Crippen molar-refractivity contribution < 1.29 is 9.66 Å². The van der Waals surface area contributed by atoms with Gasteiger partial charge in [0.05, 0.1) is 17.5 Å². The molecule has 0 aromatic heterocycles. The lowest BCUT2D eigenvalue weighted by Crippen LogP contribution is -2.23. The molecular formula is C20H18N2O3. The average Bonchev–Trinajstić information content (AvgIpc) is 2.67. The van der Waals surface area contributed by atoms with E-state index >= 15 is 0 Å². The predicted molar refractivity (Wildman–Crippen MR) is 98.5 cm³/mol. The zero-order valence-corrected chi connectivity index (χ0v) is 13.6. The third kappa shape index (κ3) is 4.35. The molecule has 0 bridgehead atoms. The van der Waals surface area contributed by atoms with Crippen LogP contribution in [0.25, 0.3) is 0 Å². The molecule has 0 radical (unpaired) electrons. The van der Waals surface area contributed by atoms with Crippen molar-refractivity contribution in [1.82, 2.24) is 0 Å². The van der Waals surface area contributed by atoms with Crippen LogP contribution in [0.5, 0.6) is 5.75 Å². The number of benzene rings is 3. The second-order valence-corrected chi connectivity index (χ2v) is 5.43. The molecule has 5 heteroatoms. The van der Waals surface area contributed by atoms with Crippen LogP contribution in [-0.4, -0.2) is 18.1 Å². The lowest BCUT2D eigenvalue weighted by Gasteiger charge is -2.25. The van der Waals surface area contributed by atoms with Crippen molar-refractivity contribution in [3.05, 3.63) is 95.0 Å². The molecule has 0 N–H and O–H groups in total. The van der Waals surface area contributed by atoms with Gasteiger partial charge in [-0.1, -0.05) is 42.5 Å². The minimum Gasteiger partial charge on any atom is -0.491 e. The molecule has 0 heterocycles. The fraction of sp³-hybridized carbons (Fsp3) is 0.100. The molecule has 5 nitrogen and oxygen atoms in total. The van der Waals surface area contributed by atoms with Gasteiger partial charge < -0.3 is 9.64 Å². The highest BCUT2D eigenvalue weighted by atomic mass is 16.6. The number of rotatable bonds is 7. The van der Waals surface area contributed by atoms with Gasteiger partial charge in [0.15, 0.2) is 0 Å². The summed E-state index contributed by atoms with van der Waals surface area (Å²) in [4.78, 5) is 12.6. The van der Waals surface area contributed by atoms with Crippen molar-refractivity contribution in [2.24, 2.45) is 0 Å². The Balaban J connectivity index is 1.71. The SMILES string of the molecule is O=[N+]([O-])c1cccc(OCCN(c2ccccc2)c2ccccc2)c1. The first-order valence-electron chi connectivity index (χ1n) is 7.99. The van der Waals surface area contributed by atoms with E-state index in [1.807, 2.05) is 60.7 Å². The molecule has 0 saturated carbocycles. The van der Waals surface area contributed by atoms with Gasteiger partial charge in [-0.05, 0) is 30.3 Å². The third-order valence-electron chi connectivity index (χ3n) is 3.75. The van der Waals surface area contributed by atoms with Crippen molar-refractivity contribution in [2.75, 3.05) is 18.1 Å². The van der Waals surface area contributed by atoms with Gasteiger partial charge in [0.1, 0.15) is 12.4 Å². The molecule has 0 unspecified atom stereocenters. The quantitative estimate of drug-likeness (QED) is 0.459. The zero-order valence-electron chi connectivity index (χ0n) is 13.6. The van der Waals surface area contributed by atoms with Gasteiger partial charge in [0, 0.05) is 17.4 Å². The second-order valence-electron chi connectivity index (χ2n) is 5.43. The van der Waals surface area contributed by atoms with Crippen LogP contribution >= 0.6 is 0 Å². The Labute approximate surface area is 146 Å². The molecule has 0 amide bonds. The average molecular weight is 334 g/mol. The first kappa shape index (κ1) is 16.5. The minimum absolute atomic E-state index is 0.0282. The summed E-state index contributed by atoms with van der Waals surface area (Å²) in [6.07, 6.45) is 0. The summed E-state index contributed by atoms with van der Waals surface area (Å²) in [6, 6.07) is 26.3. The molecule has 0 saturated heterocycles. The summed E-state index contributed by atoms with van der Waals surface area (Å²) in [6.45, 7) is 1.03. The highest BCUT2D eigenvalue weighted by Gasteiger charge is 2.10. The van der Waals surface area contributed by atoms with Gasteiger partial charge in [-0.25, -0.2) is 0 Å². The van der Waals surface area contributed by atoms with Crippen LogP contribution in [0.1, 0.15) is 0 Å². The topological polar surface area (TPSA) is 55.6 Å². The van der Waals surface area contributed by atoms with Gasteiger partial charge in [0.2, 0.25) is 0 Å². The first-order valence-corrected chi connectivity index (χ1v) is 7.99. The number of hydrogen-bond donors (Lipinski definition) is 0. The number of para-hydroxylation sites is 2. The Morgan fingerprint density at radius 2 is 1.44 bits per heavy atom. The number of anilines is 2. The molecule has 0 aliphatic heterocycles. The van der Waals surface area contributed by atoms with Crippen LogP contribution in [0, 0.1) is 10.1 Å². The summed E-state index contributed by atoms with van der Waals surface area (Å²) >= 11 is 0. The van der Waals surface area contributed by atoms with Crippen molar-refractivity contribution in [2.45, 2.75) is 0 Å². The van der Waals surface area contributed by atoms with Crippen molar-refractivity contribution in [3.63, 3.8) is 0 Å². The van der Waals surface area contributed by atoms with E-state index in [0.717, 1.165) is 11.4 Å². The Kier molecular flexibility index (Phi) is 5.26. The lowest BCUT2D eigenvalue weighted by molar-refractivity contribution is -0.384. The van der Waals surface area contributed by atoms with Gasteiger partial charge in [-0.2, -0.15) is 0 Å². The Morgan fingerprint density at radius 3 is 2.00 bits per heavy atom. The van der Waals surface area contributed by atoms with E-state index in [1.165, 1.54) is 12.1 Å². The third-order valence-corrected chi connectivity index (χ3v) is 3.75. The molecular weight excluding hydrogens is 316 g/mol. The van der Waals surface area contributed by atoms with E-state index in [2.05, 4.69) is 4.90 Å². The van der Waals surface area contributed by atoms with Gasteiger partial charge in [-0.15, -0.1) is 0 Å². The molecule has 0 aliphatic carbocycles. The Morgan fingerprint density at radius 1 is 0.840 bits per heavy atom. The van der Waals surface area contributed by atoms with Crippen LogP contribution < -0.4 is 9.64 Å². The normalized spacial score (nSPS) is 10.2. The Bertz CT molecular complexity index is 783. The van der Waals surface area contributed by atoms with E-state index < -0.39 is 4.92 Å². The van der Waals surface area contributed by atoms with E-state index in [1.54, 1.807) is 12.1 Å². The fourth-order valence-corrected chi connectivity index (χ4v) is 2.56. The lowest BCUT2D eigenvalue weighted by atomic mass is 10.2. The maximum absolute atomic E-state index is 10.8. The van der Waals surface area contributed by atoms with Crippen LogP contribution in [0.15, 0.2) is 84.9 Å². The van der Waals surface area contributed by atoms with E-state index in [0.29, 0.717) is 18.9 Å². The summed E-state index contributed by atoms with van der Waals surface area (Å²) in [5.74, 6) is 0.496. The molecule has 0 aliphatic rings. The van der Waals surface area contributed by atoms with Crippen molar-refractivity contribution in [3.8, 4) is 5.75 Å². The first-order chi connectivity index (χ1) is 12.2. The van der Waals surface area contributed by atoms with Crippen molar-refractivity contribution in [1.29, 1.82) is 0 Å². The van der Waals surface area contributed by atoms with E-state index in [-0.39, 0.29) is 5.69 Å². The molecule has 3 rings (SSSR count). The number of nitro benzene ring substituents is 1. The number of ether oxygens (including phenoxy) is 1.